The molecule has 0 unspecified atom stereocenters. The zero-order valence-corrected chi connectivity index (χ0v) is 14.3. The Kier molecular flexibility index (Phi) is 4.46. The lowest BCUT2D eigenvalue weighted by Crippen LogP contribution is -2.39. The normalized spacial score (nSPS) is 20.5. The van der Waals surface area contributed by atoms with Crippen molar-refractivity contribution >= 4 is 40.4 Å². The van der Waals surface area contributed by atoms with Gasteiger partial charge in [0.15, 0.2) is 5.17 Å². The maximum atomic E-state index is 12.5. The third kappa shape index (κ3) is 2.77. The van der Waals surface area contributed by atoms with Gasteiger partial charge in [0.2, 0.25) is 5.91 Å². The Morgan fingerprint density at radius 1 is 1.48 bits per heavy atom. The summed E-state index contributed by atoms with van der Waals surface area (Å²) in [5.74, 6) is -0.251. The SMILES string of the molecule is CCOC(=O)C1=C(C)N=C2SCC(=O)N2[C@H]1c1ccccc1Cl. The molecule has 1 aromatic rings. The first kappa shape index (κ1) is 16.1. The van der Waals surface area contributed by atoms with Gasteiger partial charge in [-0.05, 0) is 25.5 Å². The van der Waals surface area contributed by atoms with Gasteiger partial charge in [-0.25, -0.2) is 9.79 Å². The third-order valence-electron chi connectivity index (χ3n) is 3.68. The summed E-state index contributed by atoms with van der Waals surface area (Å²) in [4.78, 5) is 30.8. The Hall–Kier alpha value is -1.79. The molecule has 0 aliphatic carbocycles. The van der Waals surface area contributed by atoms with Gasteiger partial charge in [0.25, 0.3) is 0 Å². The van der Waals surface area contributed by atoms with E-state index in [4.69, 9.17) is 16.3 Å². The van der Waals surface area contributed by atoms with Crippen LogP contribution in [-0.4, -0.2) is 34.3 Å². The van der Waals surface area contributed by atoms with Crippen LogP contribution < -0.4 is 0 Å². The maximum Gasteiger partial charge on any atom is 0.338 e. The van der Waals surface area contributed by atoms with Gasteiger partial charge in [0.1, 0.15) is 0 Å². The van der Waals surface area contributed by atoms with Crippen LogP contribution in [0.5, 0.6) is 0 Å². The predicted molar refractivity (Wildman–Crippen MR) is 90.3 cm³/mol. The number of benzene rings is 1. The molecule has 1 aromatic carbocycles. The van der Waals surface area contributed by atoms with Crippen molar-refractivity contribution in [3.05, 3.63) is 46.1 Å². The highest BCUT2D eigenvalue weighted by Gasteiger charge is 2.43. The zero-order chi connectivity index (χ0) is 16.6. The Labute approximate surface area is 143 Å². The van der Waals surface area contributed by atoms with Crippen LogP contribution in [0.3, 0.4) is 0 Å². The standard InChI is InChI=1S/C16H15ClN2O3S/c1-3-22-15(21)13-9(2)18-16-19(12(20)8-23-16)14(13)10-6-4-5-7-11(10)17/h4-7,14H,3,8H2,1-2H3/t14-/m0/s1. The number of thioether (sulfide) groups is 1. The van der Waals surface area contributed by atoms with Crippen molar-refractivity contribution in [1.29, 1.82) is 0 Å². The molecule has 1 atom stereocenters. The predicted octanol–water partition coefficient (Wildman–Crippen LogP) is 3.16. The van der Waals surface area contributed by atoms with Crippen LogP contribution in [0, 0.1) is 0 Å². The Morgan fingerprint density at radius 3 is 2.91 bits per heavy atom. The molecule has 0 spiro atoms. The minimum atomic E-state index is -0.599. The summed E-state index contributed by atoms with van der Waals surface area (Å²) < 4.78 is 5.17. The van der Waals surface area contributed by atoms with E-state index in [1.54, 1.807) is 24.8 Å². The molecule has 1 saturated heterocycles. The summed E-state index contributed by atoms with van der Waals surface area (Å²) in [6, 6.07) is 6.61. The molecule has 0 saturated carbocycles. The van der Waals surface area contributed by atoms with Gasteiger partial charge < -0.3 is 4.74 Å². The van der Waals surface area contributed by atoms with Gasteiger partial charge in [0, 0.05) is 5.02 Å². The van der Waals surface area contributed by atoms with Gasteiger partial charge in [-0.2, -0.15) is 0 Å². The molecule has 3 rings (SSSR count). The van der Waals surface area contributed by atoms with Crippen LogP contribution in [0.15, 0.2) is 40.5 Å². The number of esters is 1. The molecule has 1 fully saturated rings. The van der Waals surface area contributed by atoms with E-state index in [0.29, 0.717) is 32.8 Å². The Morgan fingerprint density at radius 2 is 2.22 bits per heavy atom. The highest BCUT2D eigenvalue weighted by atomic mass is 35.5. The van der Waals surface area contributed by atoms with E-state index in [9.17, 15) is 9.59 Å². The van der Waals surface area contributed by atoms with Gasteiger partial charge >= 0.3 is 5.97 Å². The molecule has 1 amide bonds. The molecule has 5 nitrogen and oxygen atoms in total. The average molecular weight is 351 g/mol. The van der Waals surface area contributed by atoms with E-state index in [1.165, 1.54) is 11.8 Å². The number of halogens is 1. The van der Waals surface area contributed by atoms with Gasteiger partial charge in [0.05, 0.1) is 29.7 Å². The first-order valence-corrected chi connectivity index (χ1v) is 8.56. The number of hydrogen-bond acceptors (Lipinski definition) is 5. The molecule has 120 valence electrons. The van der Waals surface area contributed by atoms with Crippen molar-refractivity contribution in [1.82, 2.24) is 4.90 Å². The number of fused-ring (bicyclic) bond motifs is 1. The van der Waals surface area contributed by atoms with Crippen LogP contribution in [0.4, 0.5) is 0 Å². The van der Waals surface area contributed by atoms with E-state index in [1.807, 2.05) is 18.2 Å². The molecule has 2 aliphatic rings. The second kappa shape index (κ2) is 6.37. The lowest BCUT2D eigenvalue weighted by molar-refractivity contribution is -0.139. The van der Waals surface area contributed by atoms with Crippen LogP contribution >= 0.6 is 23.4 Å². The first-order valence-electron chi connectivity index (χ1n) is 7.20. The average Bonchev–Trinajstić information content (AvgIpc) is 2.87. The van der Waals surface area contributed by atoms with Crippen molar-refractivity contribution in [2.75, 3.05) is 12.4 Å². The van der Waals surface area contributed by atoms with Crippen LogP contribution in [0.1, 0.15) is 25.5 Å². The molecular weight excluding hydrogens is 336 g/mol. The maximum absolute atomic E-state index is 12.5. The molecule has 0 N–H and O–H groups in total. The summed E-state index contributed by atoms with van der Waals surface area (Å²) in [6.07, 6.45) is 0. The quantitative estimate of drug-likeness (QED) is 0.786. The van der Waals surface area contributed by atoms with E-state index >= 15 is 0 Å². The number of aliphatic imine (C=N–C) groups is 1. The Bertz CT molecular complexity index is 745. The van der Waals surface area contributed by atoms with Crippen molar-refractivity contribution in [2.24, 2.45) is 4.99 Å². The second-order valence-corrected chi connectivity index (χ2v) is 6.44. The van der Waals surface area contributed by atoms with E-state index < -0.39 is 12.0 Å². The Balaban J connectivity index is 2.17. The number of amidine groups is 1. The van der Waals surface area contributed by atoms with Gasteiger partial charge in [-0.15, -0.1) is 0 Å². The first-order chi connectivity index (χ1) is 11.0. The zero-order valence-electron chi connectivity index (χ0n) is 12.7. The molecule has 0 bridgehead atoms. The number of rotatable bonds is 3. The topological polar surface area (TPSA) is 59.0 Å². The van der Waals surface area contributed by atoms with Crippen molar-refractivity contribution < 1.29 is 14.3 Å². The fraction of sp³-hybridized carbons (Fsp3) is 0.312. The summed E-state index contributed by atoms with van der Waals surface area (Å²) in [5, 5.41) is 1.10. The largest absolute Gasteiger partial charge is 0.463 e. The number of nitrogens with zero attached hydrogens (tertiary/aromatic N) is 2. The van der Waals surface area contributed by atoms with Gasteiger partial charge in [-0.1, -0.05) is 41.6 Å². The van der Waals surface area contributed by atoms with Crippen LogP contribution in [0.25, 0.3) is 0 Å². The van der Waals surface area contributed by atoms with Crippen molar-refractivity contribution in [3.63, 3.8) is 0 Å². The number of amides is 1. The summed E-state index contributed by atoms with van der Waals surface area (Å²) in [7, 11) is 0. The van der Waals surface area contributed by atoms with Crippen LogP contribution in [0.2, 0.25) is 5.02 Å². The van der Waals surface area contributed by atoms with Crippen molar-refractivity contribution in [2.45, 2.75) is 19.9 Å². The lowest BCUT2D eigenvalue weighted by atomic mass is 9.94. The highest BCUT2D eigenvalue weighted by molar-refractivity contribution is 8.15. The number of allylic oxidation sites excluding steroid dienone is 1. The number of carbonyl (C=O) groups excluding carboxylic acids is 2. The van der Waals surface area contributed by atoms with Crippen molar-refractivity contribution in [3.8, 4) is 0 Å². The second-order valence-electron chi connectivity index (χ2n) is 5.09. The number of ether oxygens (including phenoxy) is 1. The molecule has 7 heteroatoms. The lowest BCUT2D eigenvalue weighted by Gasteiger charge is -2.33. The monoisotopic (exact) mass is 350 g/mol. The molecular formula is C16H15ClN2O3S. The van der Waals surface area contributed by atoms with E-state index in [-0.39, 0.29) is 12.5 Å². The fourth-order valence-corrected chi connectivity index (χ4v) is 3.88. The van der Waals surface area contributed by atoms with E-state index in [0.717, 1.165) is 0 Å². The molecule has 2 heterocycles. The molecule has 0 radical (unpaired) electrons. The fourth-order valence-electron chi connectivity index (χ4n) is 2.70. The molecule has 2 aliphatic heterocycles. The number of carbonyl (C=O) groups is 2. The smallest absolute Gasteiger partial charge is 0.338 e. The summed E-state index contributed by atoms with van der Waals surface area (Å²) >= 11 is 7.70. The van der Waals surface area contributed by atoms with E-state index in [2.05, 4.69) is 4.99 Å². The minimum absolute atomic E-state index is 0.0898. The highest BCUT2D eigenvalue weighted by Crippen LogP contribution is 2.42. The summed E-state index contributed by atoms with van der Waals surface area (Å²) in [5.41, 5.74) is 1.61. The summed E-state index contributed by atoms with van der Waals surface area (Å²) in [6.45, 7) is 3.75. The van der Waals surface area contributed by atoms with Gasteiger partial charge in [-0.3, -0.25) is 9.69 Å². The number of hydrogen-bond donors (Lipinski definition) is 0. The minimum Gasteiger partial charge on any atom is -0.463 e. The molecule has 0 aromatic heterocycles. The molecule has 23 heavy (non-hydrogen) atoms. The third-order valence-corrected chi connectivity index (χ3v) is 4.96. The van der Waals surface area contributed by atoms with Crippen LogP contribution in [-0.2, 0) is 14.3 Å².